The third kappa shape index (κ3) is 5.84. The molecule has 0 radical (unpaired) electrons. The number of hydrogen-bond donors (Lipinski definition) is 2. The van der Waals surface area contributed by atoms with Gasteiger partial charge in [-0.2, -0.15) is 10.1 Å². The number of anilines is 2. The van der Waals surface area contributed by atoms with Gasteiger partial charge in [-0.1, -0.05) is 17.7 Å². The summed E-state index contributed by atoms with van der Waals surface area (Å²) in [5.74, 6) is 2.74. The lowest BCUT2D eigenvalue weighted by atomic mass is 9.97. The third-order valence-corrected chi connectivity index (χ3v) is 4.84. The Morgan fingerprint density at radius 1 is 1.00 bits per heavy atom. The molecule has 1 aliphatic carbocycles. The molecule has 0 atom stereocenters. The van der Waals surface area contributed by atoms with E-state index in [2.05, 4.69) is 31.9 Å². The van der Waals surface area contributed by atoms with Crippen LogP contribution >= 0.6 is 0 Å². The van der Waals surface area contributed by atoms with Crippen molar-refractivity contribution in [1.82, 2.24) is 15.2 Å². The molecular formula is C21H29N5O2. The molecule has 0 aliphatic heterocycles. The number of aromatic nitrogens is 3. The van der Waals surface area contributed by atoms with Gasteiger partial charge in [0, 0.05) is 13.1 Å². The smallest absolute Gasteiger partial charge is 0.244 e. The van der Waals surface area contributed by atoms with Gasteiger partial charge in [0.1, 0.15) is 0 Å². The summed E-state index contributed by atoms with van der Waals surface area (Å²) in [5, 5.41) is 14.7. The molecule has 0 bridgehead atoms. The van der Waals surface area contributed by atoms with E-state index in [0.29, 0.717) is 12.5 Å². The number of benzene rings is 1. The largest absolute Gasteiger partial charge is 0.493 e. The molecule has 7 nitrogen and oxygen atoms in total. The second-order valence-corrected chi connectivity index (χ2v) is 6.82. The van der Waals surface area contributed by atoms with Crippen molar-refractivity contribution in [2.45, 2.75) is 38.5 Å². The molecule has 0 spiro atoms. The number of nitrogens with zero attached hydrogens (tertiary/aromatic N) is 3. The number of nitrogens with one attached hydrogen (secondary N) is 2. The summed E-state index contributed by atoms with van der Waals surface area (Å²) in [6.45, 7) is 1.57. The first kappa shape index (κ1) is 19.9. The van der Waals surface area contributed by atoms with Gasteiger partial charge < -0.3 is 20.1 Å². The van der Waals surface area contributed by atoms with Gasteiger partial charge in [0.15, 0.2) is 17.3 Å². The van der Waals surface area contributed by atoms with Gasteiger partial charge in [-0.3, -0.25) is 0 Å². The zero-order valence-corrected chi connectivity index (χ0v) is 16.7. The van der Waals surface area contributed by atoms with Crippen LogP contribution in [-0.4, -0.2) is 42.5 Å². The predicted molar refractivity (Wildman–Crippen MR) is 111 cm³/mol. The van der Waals surface area contributed by atoms with Crippen molar-refractivity contribution in [3.8, 4) is 11.5 Å². The molecular weight excluding hydrogens is 354 g/mol. The highest BCUT2D eigenvalue weighted by molar-refractivity contribution is 5.43. The molecule has 1 aliphatic rings. The standard InChI is InChI=1S/C21H29N5O2/c1-27-18-9-8-17(14-19(18)28-2)11-13-23-21-25-20(15-24-26-21)22-12-10-16-6-4-3-5-7-16/h6,8-9,14-15H,3-5,7,10-13H2,1-2H3,(H2,22,23,25,26). The van der Waals surface area contributed by atoms with Crippen LogP contribution in [0.3, 0.4) is 0 Å². The molecule has 0 fully saturated rings. The first-order chi connectivity index (χ1) is 13.8. The lowest BCUT2D eigenvalue weighted by Gasteiger charge is -2.13. The number of methoxy groups -OCH3 is 2. The van der Waals surface area contributed by atoms with Gasteiger partial charge >= 0.3 is 0 Å². The molecule has 0 amide bonds. The highest BCUT2D eigenvalue weighted by Gasteiger charge is 2.06. The lowest BCUT2D eigenvalue weighted by molar-refractivity contribution is 0.354. The van der Waals surface area contributed by atoms with Crippen molar-refractivity contribution < 1.29 is 9.47 Å². The molecule has 2 aromatic rings. The van der Waals surface area contributed by atoms with Crippen LogP contribution in [0.1, 0.15) is 37.7 Å². The lowest BCUT2D eigenvalue weighted by Crippen LogP contribution is -2.11. The van der Waals surface area contributed by atoms with E-state index in [1.165, 1.54) is 25.7 Å². The van der Waals surface area contributed by atoms with Crippen LogP contribution in [0.15, 0.2) is 36.0 Å². The molecule has 7 heteroatoms. The summed E-state index contributed by atoms with van der Waals surface area (Å²) in [5.41, 5.74) is 2.70. The molecule has 0 saturated carbocycles. The van der Waals surface area contributed by atoms with Gasteiger partial charge in [-0.05, 0) is 56.2 Å². The van der Waals surface area contributed by atoms with Crippen molar-refractivity contribution in [3.63, 3.8) is 0 Å². The minimum Gasteiger partial charge on any atom is -0.493 e. The molecule has 1 aromatic heterocycles. The molecule has 0 saturated heterocycles. The minimum atomic E-state index is 0.530. The Hall–Kier alpha value is -2.83. The number of allylic oxidation sites excluding steroid dienone is 1. The van der Waals surface area contributed by atoms with Crippen LogP contribution in [0.5, 0.6) is 11.5 Å². The molecule has 1 heterocycles. The Labute approximate surface area is 166 Å². The highest BCUT2D eigenvalue weighted by atomic mass is 16.5. The van der Waals surface area contributed by atoms with Crippen molar-refractivity contribution in [2.24, 2.45) is 0 Å². The van der Waals surface area contributed by atoms with E-state index < -0.39 is 0 Å². The summed E-state index contributed by atoms with van der Waals surface area (Å²) >= 11 is 0. The van der Waals surface area contributed by atoms with Crippen molar-refractivity contribution in [3.05, 3.63) is 41.6 Å². The van der Waals surface area contributed by atoms with Gasteiger partial charge in [-0.15, -0.1) is 5.10 Å². The molecule has 0 unspecified atom stereocenters. The molecule has 3 rings (SSSR count). The average Bonchev–Trinajstić information content (AvgIpc) is 2.75. The second kappa shape index (κ2) is 10.5. The van der Waals surface area contributed by atoms with Gasteiger partial charge in [0.05, 0.1) is 20.4 Å². The van der Waals surface area contributed by atoms with E-state index in [-0.39, 0.29) is 0 Å². The fraction of sp³-hybridized carbons (Fsp3) is 0.476. The quantitative estimate of drug-likeness (QED) is 0.603. The molecule has 28 heavy (non-hydrogen) atoms. The SMILES string of the molecule is COc1ccc(CCNc2nncc(NCCC3=CCCCC3)n2)cc1OC. The van der Waals surface area contributed by atoms with Gasteiger partial charge in [0.25, 0.3) is 0 Å². The molecule has 1 aromatic carbocycles. The third-order valence-electron chi connectivity index (χ3n) is 4.84. The Morgan fingerprint density at radius 3 is 2.64 bits per heavy atom. The number of ether oxygens (including phenoxy) is 2. The first-order valence-corrected chi connectivity index (χ1v) is 9.85. The highest BCUT2D eigenvalue weighted by Crippen LogP contribution is 2.27. The normalized spacial score (nSPS) is 13.6. The van der Waals surface area contributed by atoms with Crippen LogP contribution in [0.4, 0.5) is 11.8 Å². The van der Waals surface area contributed by atoms with E-state index in [0.717, 1.165) is 42.3 Å². The van der Waals surface area contributed by atoms with E-state index in [1.54, 1.807) is 26.0 Å². The van der Waals surface area contributed by atoms with Gasteiger partial charge in [-0.25, -0.2) is 0 Å². The Bertz CT molecular complexity index is 794. The number of rotatable bonds is 10. The van der Waals surface area contributed by atoms with Crippen LogP contribution in [0.2, 0.25) is 0 Å². The van der Waals surface area contributed by atoms with E-state index in [9.17, 15) is 0 Å². The minimum absolute atomic E-state index is 0.530. The molecule has 2 N–H and O–H groups in total. The summed E-state index contributed by atoms with van der Waals surface area (Å²) in [6.07, 6.45) is 11.0. The Kier molecular flexibility index (Phi) is 7.46. The average molecular weight is 383 g/mol. The maximum absolute atomic E-state index is 5.35. The summed E-state index contributed by atoms with van der Waals surface area (Å²) in [6, 6.07) is 5.93. The van der Waals surface area contributed by atoms with Crippen molar-refractivity contribution in [2.75, 3.05) is 37.9 Å². The van der Waals surface area contributed by atoms with Crippen LogP contribution in [0.25, 0.3) is 0 Å². The van der Waals surface area contributed by atoms with E-state index in [1.807, 2.05) is 18.2 Å². The van der Waals surface area contributed by atoms with Crippen molar-refractivity contribution in [1.29, 1.82) is 0 Å². The van der Waals surface area contributed by atoms with Crippen LogP contribution in [0, 0.1) is 0 Å². The van der Waals surface area contributed by atoms with E-state index >= 15 is 0 Å². The van der Waals surface area contributed by atoms with Crippen molar-refractivity contribution >= 4 is 11.8 Å². The maximum Gasteiger partial charge on any atom is 0.244 e. The van der Waals surface area contributed by atoms with Gasteiger partial charge in [0.2, 0.25) is 5.95 Å². The zero-order chi connectivity index (χ0) is 19.6. The van der Waals surface area contributed by atoms with Crippen LogP contribution < -0.4 is 20.1 Å². The maximum atomic E-state index is 5.35. The zero-order valence-electron chi connectivity index (χ0n) is 16.7. The summed E-state index contributed by atoms with van der Waals surface area (Å²) in [7, 11) is 3.28. The van der Waals surface area contributed by atoms with E-state index in [4.69, 9.17) is 9.47 Å². The topological polar surface area (TPSA) is 81.2 Å². The monoisotopic (exact) mass is 383 g/mol. The predicted octanol–water partition coefficient (Wildman–Crippen LogP) is 3.85. The summed E-state index contributed by atoms with van der Waals surface area (Å²) in [4.78, 5) is 4.49. The fourth-order valence-electron chi connectivity index (χ4n) is 3.30. The Morgan fingerprint density at radius 2 is 1.86 bits per heavy atom. The summed E-state index contributed by atoms with van der Waals surface area (Å²) < 4.78 is 10.6. The van der Waals surface area contributed by atoms with Crippen LogP contribution in [-0.2, 0) is 6.42 Å². The fourth-order valence-corrected chi connectivity index (χ4v) is 3.30. The molecule has 150 valence electrons. The number of hydrogen-bond acceptors (Lipinski definition) is 7. The second-order valence-electron chi connectivity index (χ2n) is 6.82. The Balaban J connectivity index is 1.46. The first-order valence-electron chi connectivity index (χ1n) is 9.85.